The standard InChI is InChI=1S/C13H13FN4/c1-8-15-6-10-7-16-12(18-13(10)17-8)9-2-4-11(14)5-3-9/h2-6,12,16H,7H2,1H3,(H,15,17,18). The van der Waals surface area contributed by atoms with Crippen LogP contribution in [0.15, 0.2) is 30.5 Å². The van der Waals surface area contributed by atoms with Crippen LogP contribution in [-0.4, -0.2) is 9.97 Å². The van der Waals surface area contributed by atoms with Crippen LogP contribution in [0.2, 0.25) is 0 Å². The fourth-order valence-corrected chi connectivity index (χ4v) is 2.01. The summed E-state index contributed by atoms with van der Waals surface area (Å²) in [5.74, 6) is 1.35. The van der Waals surface area contributed by atoms with Crippen LogP contribution in [0, 0.1) is 12.7 Å². The third kappa shape index (κ3) is 2.04. The lowest BCUT2D eigenvalue weighted by Crippen LogP contribution is -2.33. The second-order valence-corrected chi connectivity index (χ2v) is 4.30. The Morgan fingerprint density at radius 2 is 2.06 bits per heavy atom. The summed E-state index contributed by atoms with van der Waals surface area (Å²) in [5.41, 5.74) is 2.03. The molecule has 1 aliphatic rings. The van der Waals surface area contributed by atoms with E-state index in [9.17, 15) is 4.39 Å². The number of anilines is 1. The van der Waals surface area contributed by atoms with Crippen molar-refractivity contribution < 1.29 is 4.39 Å². The van der Waals surface area contributed by atoms with E-state index in [0.717, 1.165) is 22.8 Å². The molecular weight excluding hydrogens is 231 g/mol. The Morgan fingerprint density at radius 1 is 1.28 bits per heavy atom. The maximum Gasteiger partial charge on any atom is 0.135 e. The summed E-state index contributed by atoms with van der Waals surface area (Å²) < 4.78 is 12.9. The first kappa shape index (κ1) is 11.1. The van der Waals surface area contributed by atoms with Gasteiger partial charge in [0.1, 0.15) is 23.6 Å². The van der Waals surface area contributed by atoms with Crippen LogP contribution in [0.25, 0.3) is 0 Å². The molecule has 1 aliphatic heterocycles. The van der Waals surface area contributed by atoms with E-state index in [1.165, 1.54) is 12.1 Å². The highest BCUT2D eigenvalue weighted by atomic mass is 19.1. The SMILES string of the molecule is Cc1ncc2c(n1)NC(c1ccc(F)cc1)NC2. The molecule has 4 nitrogen and oxygen atoms in total. The molecule has 1 unspecified atom stereocenters. The van der Waals surface area contributed by atoms with Crippen LogP contribution in [0.3, 0.4) is 0 Å². The van der Waals surface area contributed by atoms with Crippen LogP contribution in [0.5, 0.6) is 0 Å². The monoisotopic (exact) mass is 244 g/mol. The van der Waals surface area contributed by atoms with Gasteiger partial charge in [-0.2, -0.15) is 0 Å². The number of hydrogen-bond acceptors (Lipinski definition) is 4. The molecule has 1 aromatic heterocycles. The molecule has 0 saturated carbocycles. The van der Waals surface area contributed by atoms with E-state index >= 15 is 0 Å². The molecule has 2 heterocycles. The zero-order chi connectivity index (χ0) is 12.5. The fraction of sp³-hybridized carbons (Fsp3) is 0.231. The van der Waals surface area contributed by atoms with Crippen LogP contribution in [0.4, 0.5) is 10.2 Å². The second kappa shape index (κ2) is 4.34. The first-order valence-corrected chi connectivity index (χ1v) is 5.80. The van der Waals surface area contributed by atoms with Crippen molar-refractivity contribution in [1.29, 1.82) is 0 Å². The highest BCUT2D eigenvalue weighted by Gasteiger charge is 2.19. The third-order valence-electron chi connectivity index (χ3n) is 2.97. The zero-order valence-corrected chi connectivity index (χ0v) is 9.94. The molecule has 18 heavy (non-hydrogen) atoms. The molecule has 2 N–H and O–H groups in total. The van der Waals surface area contributed by atoms with Crippen molar-refractivity contribution in [1.82, 2.24) is 15.3 Å². The van der Waals surface area contributed by atoms with Gasteiger partial charge in [-0.15, -0.1) is 0 Å². The first-order valence-electron chi connectivity index (χ1n) is 5.80. The van der Waals surface area contributed by atoms with Gasteiger partial charge < -0.3 is 5.32 Å². The van der Waals surface area contributed by atoms with E-state index in [-0.39, 0.29) is 12.0 Å². The van der Waals surface area contributed by atoms with Crippen LogP contribution in [-0.2, 0) is 6.54 Å². The van der Waals surface area contributed by atoms with E-state index < -0.39 is 0 Å². The van der Waals surface area contributed by atoms with Crippen molar-refractivity contribution >= 4 is 5.82 Å². The predicted octanol–water partition coefficient (Wildman–Crippen LogP) is 2.14. The highest BCUT2D eigenvalue weighted by molar-refractivity contribution is 5.47. The van der Waals surface area contributed by atoms with Gasteiger partial charge in [0.05, 0.1) is 0 Å². The maximum atomic E-state index is 12.9. The topological polar surface area (TPSA) is 49.8 Å². The Hall–Kier alpha value is -2.01. The number of rotatable bonds is 1. The summed E-state index contributed by atoms with van der Waals surface area (Å²) in [6.45, 7) is 2.56. The number of benzene rings is 1. The summed E-state index contributed by atoms with van der Waals surface area (Å²) in [6.07, 6.45) is 1.77. The van der Waals surface area contributed by atoms with E-state index in [2.05, 4.69) is 20.6 Å². The molecule has 0 aliphatic carbocycles. The van der Waals surface area contributed by atoms with Crippen molar-refractivity contribution in [2.24, 2.45) is 0 Å². The molecule has 0 bridgehead atoms. The molecule has 5 heteroatoms. The molecule has 0 saturated heterocycles. The van der Waals surface area contributed by atoms with Gasteiger partial charge in [0.25, 0.3) is 0 Å². The average Bonchev–Trinajstić information content (AvgIpc) is 2.38. The number of nitrogens with one attached hydrogen (secondary N) is 2. The lowest BCUT2D eigenvalue weighted by atomic mass is 10.1. The summed E-state index contributed by atoms with van der Waals surface area (Å²) in [7, 11) is 0. The largest absolute Gasteiger partial charge is 0.350 e. The van der Waals surface area contributed by atoms with Gasteiger partial charge >= 0.3 is 0 Å². The minimum atomic E-state index is -0.229. The molecule has 3 rings (SSSR count). The first-order chi connectivity index (χ1) is 8.72. The number of aryl methyl sites for hydroxylation is 1. The highest BCUT2D eigenvalue weighted by Crippen LogP contribution is 2.24. The third-order valence-corrected chi connectivity index (χ3v) is 2.97. The molecule has 1 aromatic carbocycles. The smallest absolute Gasteiger partial charge is 0.135 e. The average molecular weight is 244 g/mol. The maximum absolute atomic E-state index is 12.9. The summed E-state index contributed by atoms with van der Waals surface area (Å²) >= 11 is 0. The molecule has 2 aromatic rings. The molecule has 0 fully saturated rings. The predicted molar refractivity (Wildman–Crippen MR) is 66.4 cm³/mol. The van der Waals surface area contributed by atoms with Crippen molar-refractivity contribution in [3.8, 4) is 0 Å². The van der Waals surface area contributed by atoms with Gasteiger partial charge in [0.2, 0.25) is 0 Å². The minimum Gasteiger partial charge on any atom is -0.350 e. The van der Waals surface area contributed by atoms with Gasteiger partial charge in [0.15, 0.2) is 0 Å². The van der Waals surface area contributed by atoms with E-state index in [1.54, 1.807) is 12.1 Å². The summed E-state index contributed by atoms with van der Waals surface area (Å²) in [6, 6.07) is 6.44. The van der Waals surface area contributed by atoms with Crippen LogP contribution >= 0.6 is 0 Å². The Morgan fingerprint density at radius 3 is 2.83 bits per heavy atom. The molecular formula is C13H13FN4. The van der Waals surface area contributed by atoms with Gasteiger partial charge in [-0.1, -0.05) is 12.1 Å². The van der Waals surface area contributed by atoms with Crippen molar-refractivity contribution in [2.75, 3.05) is 5.32 Å². The zero-order valence-electron chi connectivity index (χ0n) is 9.94. The number of nitrogens with zero attached hydrogens (tertiary/aromatic N) is 2. The molecule has 0 radical (unpaired) electrons. The Kier molecular flexibility index (Phi) is 2.68. The number of fused-ring (bicyclic) bond motifs is 1. The van der Waals surface area contributed by atoms with E-state index in [4.69, 9.17) is 0 Å². The normalized spacial score (nSPS) is 18.0. The van der Waals surface area contributed by atoms with Crippen molar-refractivity contribution in [3.05, 3.63) is 53.2 Å². The Bertz CT molecular complexity index is 568. The van der Waals surface area contributed by atoms with Gasteiger partial charge in [0, 0.05) is 18.3 Å². The molecule has 92 valence electrons. The summed E-state index contributed by atoms with van der Waals surface area (Å²) in [5, 5.41) is 6.61. The quantitative estimate of drug-likeness (QED) is 0.807. The lowest BCUT2D eigenvalue weighted by Gasteiger charge is -2.27. The lowest BCUT2D eigenvalue weighted by molar-refractivity contribution is 0.556. The molecule has 1 atom stereocenters. The van der Waals surface area contributed by atoms with Crippen LogP contribution in [0.1, 0.15) is 23.1 Å². The van der Waals surface area contributed by atoms with Gasteiger partial charge in [-0.25, -0.2) is 14.4 Å². The van der Waals surface area contributed by atoms with Gasteiger partial charge in [-0.05, 0) is 24.6 Å². The Balaban J connectivity index is 1.88. The van der Waals surface area contributed by atoms with E-state index in [0.29, 0.717) is 6.54 Å². The minimum absolute atomic E-state index is 0.0487. The second-order valence-electron chi connectivity index (χ2n) is 4.30. The number of halogens is 1. The fourth-order valence-electron chi connectivity index (χ4n) is 2.01. The molecule has 0 amide bonds. The van der Waals surface area contributed by atoms with Crippen LogP contribution < -0.4 is 10.6 Å². The number of hydrogen-bond donors (Lipinski definition) is 2. The Labute approximate surface area is 104 Å². The van der Waals surface area contributed by atoms with Crippen molar-refractivity contribution in [3.63, 3.8) is 0 Å². The molecule has 0 spiro atoms. The summed E-state index contributed by atoms with van der Waals surface area (Å²) in [4.78, 5) is 8.53. The van der Waals surface area contributed by atoms with E-state index in [1.807, 2.05) is 13.1 Å². The van der Waals surface area contributed by atoms with Crippen molar-refractivity contribution in [2.45, 2.75) is 19.6 Å². The van der Waals surface area contributed by atoms with Gasteiger partial charge in [-0.3, -0.25) is 5.32 Å². The number of aromatic nitrogens is 2.